The number of aryl methyl sites for hydroxylation is 1. The zero-order chi connectivity index (χ0) is 14.7. The number of carboxylic acids is 1. The number of carbonyl (C=O) groups is 2. The molecule has 6 heteroatoms. The molecule has 0 saturated carbocycles. The number of rotatable bonds is 4. The van der Waals surface area contributed by atoms with Gasteiger partial charge in [-0.3, -0.25) is 4.79 Å². The summed E-state index contributed by atoms with van der Waals surface area (Å²) >= 11 is 1.31. The number of hydrogen-bond donors (Lipinski definition) is 3. The summed E-state index contributed by atoms with van der Waals surface area (Å²) in [5.74, 6) is -2.04. The first-order chi connectivity index (χ1) is 9.54. The lowest BCUT2D eigenvalue weighted by molar-refractivity contribution is 0.0693. The molecule has 0 bridgehead atoms. The molecule has 0 unspecified atom stereocenters. The van der Waals surface area contributed by atoms with Gasteiger partial charge in [0.05, 0.1) is 10.6 Å². The molecule has 0 aliphatic carbocycles. The Kier molecular flexibility index (Phi) is 4.05. The van der Waals surface area contributed by atoms with Gasteiger partial charge in [0.15, 0.2) is 5.75 Å². The monoisotopic (exact) mass is 291 g/mol. The number of amides is 1. The Balaban J connectivity index is 2.29. The predicted octanol–water partition coefficient (Wildman–Crippen LogP) is 2.97. The Labute approximate surface area is 119 Å². The van der Waals surface area contributed by atoms with E-state index >= 15 is 0 Å². The van der Waals surface area contributed by atoms with Crippen LogP contribution < -0.4 is 5.32 Å². The molecule has 20 heavy (non-hydrogen) atoms. The van der Waals surface area contributed by atoms with Gasteiger partial charge in [0.25, 0.3) is 5.91 Å². The molecule has 0 spiro atoms. The fourth-order valence-corrected chi connectivity index (χ4v) is 2.70. The van der Waals surface area contributed by atoms with Crippen LogP contribution in [-0.2, 0) is 6.42 Å². The summed E-state index contributed by atoms with van der Waals surface area (Å²) in [6.07, 6.45) is 0.730. The maximum absolute atomic E-state index is 12.1. The highest BCUT2D eigenvalue weighted by molar-refractivity contribution is 7.12. The first kappa shape index (κ1) is 14.1. The van der Waals surface area contributed by atoms with Gasteiger partial charge in [-0.2, -0.15) is 0 Å². The number of anilines is 1. The summed E-state index contributed by atoms with van der Waals surface area (Å²) in [7, 11) is 0. The maximum atomic E-state index is 12.1. The van der Waals surface area contributed by atoms with Crippen LogP contribution in [-0.4, -0.2) is 22.1 Å². The van der Waals surface area contributed by atoms with Gasteiger partial charge in [0.2, 0.25) is 0 Å². The van der Waals surface area contributed by atoms with E-state index in [4.69, 9.17) is 5.11 Å². The Bertz CT molecular complexity index is 663. The summed E-state index contributed by atoms with van der Waals surface area (Å²) in [6, 6.07) is 6.07. The van der Waals surface area contributed by atoms with E-state index in [1.807, 2.05) is 18.4 Å². The molecule has 1 amide bonds. The molecule has 3 N–H and O–H groups in total. The Morgan fingerprint density at radius 2 is 2.05 bits per heavy atom. The Hall–Kier alpha value is -2.34. The number of aromatic hydroxyl groups is 1. The van der Waals surface area contributed by atoms with Gasteiger partial charge < -0.3 is 15.5 Å². The lowest BCUT2D eigenvalue weighted by Gasteiger charge is -2.09. The van der Waals surface area contributed by atoms with E-state index in [0.717, 1.165) is 12.0 Å². The quantitative estimate of drug-likeness (QED) is 0.756. The topological polar surface area (TPSA) is 86.6 Å². The average Bonchev–Trinajstić information content (AvgIpc) is 2.89. The number of hydrogen-bond acceptors (Lipinski definition) is 4. The summed E-state index contributed by atoms with van der Waals surface area (Å²) in [5, 5.41) is 23.1. The van der Waals surface area contributed by atoms with Gasteiger partial charge in [-0.25, -0.2) is 4.79 Å². The zero-order valence-corrected chi connectivity index (χ0v) is 11.5. The standard InChI is InChI=1S/C14H13NO4S/c1-2-8-6-7-20-12(8)13(17)15-10-5-3-4-9(11(10)16)14(18)19/h3-7,16H,2H2,1H3,(H,15,17)(H,18,19). The molecule has 0 saturated heterocycles. The molecule has 2 rings (SSSR count). The van der Waals surface area contributed by atoms with Crippen LogP contribution in [0.2, 0.25) is 0 Å². The molecule has 1 aromatic carbocycles. The number of benzene rings is 1. The minimum atomic E-state index is -1.25. The van der Waals surface area contributed by atoms with Crippen molar-refractivity contribution in [1.82, 2.24) is 0 Å². The fourth-order valence-electron chi connectivity index (χ4n) is 1.81. The minimum Gasteiger partial charge on any atom is -0.505 e. The zero-order valence-electron chi connectivity index (χ0n) is 10.7. The molecule has 0 radical (unpaired) electrons. The molecule has 0 fully saturated rings. The van der Waals surface area contributed by atoms with Gasteiger partial charge in [0, 0.05) is 0 Å². The maximum Gasteiger partial charge on any atom is 0.339 e. The van der Waals surface area contributed by atoms with E-state index in [0.29, 0.717) is 4.88 Å². The van der Waals surface area contributed by atoms with Gasteiger partial charge in [0.1, 0.15) is 5.56 Å². The molecule has 0 aliphatic heterocycles. The third-order valence-electron chi connectivity index (χ3n) is 2.85. The summed E-state index contributed by atoms with van der Waals surface area (Å²) < 4.78 is 0. The highest BCUT2D eigenvalue weighted by atomic mass is 32.1. The number of para-hydroxylation sites is 1. The molecule has 5 nitrogen and oxygen atoms in total. The van der Waals surface area contributed by atoms with Crippen LogP contribution in [0.3, 0.4) is 0 Å². The number of carbonyl (C=O) groups excluding carboxylic acids is 1. The third kappa shape index (κ3) is 2.65. The van der Waals surface area contributed by atoms with Crippen molar-refractivity contribution < 1.29 is 19.8 Å². The van der Waals surface area contributed by atoms with E-state index in [1.54, 1.807) is 0 Å². The fraction of sp³-hybridized carbons (Fsp3) is 0.143. The van der Waals surface area contributed by atoms with Crippen LogP contribution in [0.15, 0.2) is 29.6 Å². The first-order valence-electron chi connectivity index (χ1n) is 5.97. The van der Waals surface area contributed by atoms with E-state index < -0.39 is 11.7 Å². The van der Waals surface area contributed by atoms with Crippen molar-refractivity contribution in [2.24, 2.45) is 0 Å². The molecule has 1 heterocycles. The van der Waals surface area contributed by atoms with Crippen molar-refractivity contribution in [2.45, 2.75) is 13.3 Å². The lowest BCUT2D eigenvalue weighted by atomic mass is 10.1. The summed E-state index contributed by atoms with van der Waals surface area (Å²) in [4.78, 5) is 23.6. The number of nitrogens with one attached hydrogen (secondary N) is 1. The highest BCUT2D eigenvalue weighted by Crippen LogP contribution is 2.28. The van der Waals surface area contributed by atoms with Crippen molar-refractivity contribution >= 4 is 28.9 Å². The van der Waals surface area contributed by atoms with Crippen LogP contribution in [0.1, 0.15) is 32.5 Å². The summed E-state index contributed by atoms with van der Waals surface area (Å²) in [6.45, 7) is 1.95. The molecule has 1 aromatic heterocycles. The van der Waals surface area contributed by atoms with Crippen molar-refractivity contribution in [3.63, 3.8) is 0 Å². The number of phenols is 1. The smallest absolute Gasteiger partial charge is 0.339 e. The minimum absolute atomic E-state index is 0.0883. The van der Waals surface area contributed by atoms with E-state index in [9.17, 15) is 14.7 Å². The Morgan fingerprint density at radius 3 is 2.70 bits per heavy atom. The second-order valence-electron chi connectivity index (χ2n) is 4.09. The predicted molar refractivity (Wildman–Crippen MR) is 76.7 cm³/mol. The first-order valence-corrected chi connectivity index (χ1v) is 6.85. The van der Waals surface area contributed by atoms with E-state index in [2.05, 4.69) is 5.32 Å². The van der Waals surface area contributed by atoms with Gasteiger partial charge in [-0.1, -0.05) is 13.0 Å². The van der Waals surface area contributed by atoms with Crippen LogP contribution >= 0.6 is 11.3 Å². The summed E-state index contributed by atoms with van der Waals surface area (Å²) in [5.41, 5.74) is 0.761. The van der Waals surface area contributed by atoms with Gasteiger partial charge >= 0.3 is 5.97 Å². The average molecular weight is 291 g/mol. The van der Waals surface area contributed by atoms with Crippen LogP contribution in [0.4, 0.5) is 5.69 Å². The lowest BCUT2D eigenvalue weighted by Crippen LogP contribution is -2.12. The van der Waals surface area contributed by atoms with Crippen LogP contribution in [0.5, 0.6) is 5.75 Å². The van der Waals surface area contributed by atoms with Crippen LogP contribution in [0.25, 0.3) is 0 Å². The normalized spacial score (nSPS) is 10.2. The Morgan fingerprint density at radius 1 is 1.30 bits per heavy atom. The van der Waals surface area contributed by atoms with E-state index in [1.165, 1.54) is 29.5 Å². The molecule has 2 aromatic rings. The van der Waals surface area contributed by atoms with Gasteiger partial charge in [-0.05, 0) is 35.6 Å². The second kappa shape index (κ2) is 5.75. The van der Waals surface area contributed by atoms with Crippen molar-refractivity contribution in [3.8, 4) is 5.75 Å². The molecule has 104 valence electrons. The van der Waals surface area contributed by atoms with E-state index in [-0.39, 0.29) is 17.2 Å². The number of aromatic carboxylic acids is 1. The molecular weight excluding hydrogens is 278 g/mol. The van der Waals surface area contributed by atoms with Crippen molar-refractivity contribution in [3.05, 3.63) is 45.6 Å². The highest BCUT2D eigenvalue weighted by Gasteiger charge is 2.17. The molecule has 0 aliphatic rings. The third-order valence-corrected chi connectivity index (χ3v) is 3.80. The molecule has 0 atom stereocenters. The van der Waals surface area contributed by atoms with Crippen molar-refractivity contribution in [1.29, 1.82) is 0 Å². The SMILES string of the molecule is CCc1ccsc1C(=O)Nc1cccc(C(=O)O)c1O. The second-order valence-corrected chi connectivity index (χ2v) is 5.01. The van der Waals surface area contributed by atoms with Crippen molar-refractivity contribution in [2.75, 3.05) is 5.32 Å². The van der Waals surface area contributed by atoms with Gasteiger partial charge in [-0.15, -0.1) is 11.3 Å². The molecular formula is C14H13NO4S. The van der Waals surface area contributed by atoms with Crippen LogP contribution in [0, 0.1) is 0 Å². The number of carboxylic acid groups (broad SMARTS) is 1. The largest absolute Gasteiger partial charge is 0.505 e. The number of thiophene rings is 1.